The van der Waals surface area contributed by atoms with Crippen molar-refractivity contribution in [2.24, 2.45) is 0 Å². The summed E-state index contributed by atoms with van der Waals surface area (Å²) in [5.74, 6) is -0.949. The number of methoxy groups -OCH3 is 1. The summed E-state index contributed by atoms with van der Waals surface area (Å²) >= 11 is 0. The lowest BCUT2D eigenvalue weighted by Crippen LogP contribution is -2.51. The standard InChI is InChI=1S/C23H27FN6O5/c1-23(2,3)34-22(32)30(4)13-11-17(27-16-8-6-7-15(24)26-16)28-19-18(13)29-35-20(19)21(31)25-12-9-10-14(12)33-5/h6-8,11-12,14H,9-10H2,1-5H3,(H,25,31)(H,26,27,28)/t12-,14-/m1/s1. The molecule has 186 valence electrons. The predicted molar refractivity (Wildman–Crippen MR) is 125 cm³/mol. The van der Waals surface area contributed by atoms with E-state index in [-0.39, 0.29) is 46.3 Å². The monoisotopic (exact) mass is 486 g/mol. The third-order valence-electron chi connectivity index (χ3n) is 5.45. The maximum atomic E-state index is 13.6. The number of nitrogens with zero attached hydrogens (tertiary/aromatic N) is 4. The molecule has 3 heterocycles. The van der Waals surface area contributed by atoms with Gasteiger partial charge in [-0.15, -0.1) is 0 Å². The van der Waals surface area contributed by atoms with Gasteiger partial charge in [-0.2, -0.15) is 4.39 Å². The normalized spacial score (nSPS) is 17.5. The fourth-order valence-corrected chi connectivity index (χ4v) is 3.56. The van der Waals surface area contributed by atoms with Gasteiger partial charge in [0.05, 0.1) is 17.8 Å². The van der Waals surface area contributed by atoms with Crippen molar-refractivity contribution in [3.8, 4) is 0 Å². The van der Waals surface area contributed by atoms with Gasteiger partial charge in [0.2, 0.25) is 11.7 Å². The van der Waals surface area contributed by atoms with Crippen molar-refractivity contribution < 1.29 is 28.0 Å². The Kier molecular flexibility index (Phi) is 6.57. The number of fused-ring (bicyclic) bond motifs is 1. The summed E-state index contributed by atoms with van der Waals surface area (Å²) in [6.07, 6.45) is 0.891. The molecule has 0 radical (unpaired) electrons. The number of ether oxygens (including phenoxy) is 2. The van der Waals surface area contributed by atoms with Crippen LogP contribution in [0.3, 0.4) is 0 Å². The first-order chi connectivity index (χ1) is 16.6. The van der Waals surface area contributed by atoms with Crippen LogP contribution in [-0.2, 0) is 9.47 Å². The van der Waals surface area contributed by atoms with Gasteiger partial charge in [0.15, 0.2) is 5.52 Å². The van der Waals surface area contributed by atoms with E-state index in [2.05, 4.69) is 25.8 Å². The van der Waals surface area contributed by atoms with Crippen LogP contribution in [0.2, 0.25) is 0 Å². The van der Waals surface area contributed by atoms with Crippen molar-refractivity contribution >= 4 is 40.4 Å². The Morgan fingerprint density at radius 1 is 1.17 bits per heavy atom. The molecular weight excluding hydrogens is 459 g/mol. The Bertz CT molecular complexity index is 1250. The SMILES string of the molecule is CO[C@@H]1CC[C@H]1NC(=O)c1onc2c(N(C)C(=O)OC(C)(C)C)cc(Nc3cccc(F)n3)nc12. The molecule has 11 nitrogen and oxygen atoms in total. The number of carbonyl (C=O) groups is 2. The molecule has 3 aromatic heterocycles. The van der Waals surface area contributed by atoms with Gasteiger partial charge in [-0.25, -0.2) is 14.8 Å². The molecule has 0 aromatic carbocycles. The molecular formula is C23H27FN6O5. The van der Waals surface area contributed by atoms with E-state index in [1.165, 1.54) is 30.1 Å². The molecule has 0 bridgehead atoms. The highest BCUT2D eigenvalue weighted by atomic mass is 19.1. The van der Waals surface area contributed by atoms with Crippen LogP contribution < -0.4 is 15.5 Å². The number of carbonyl (C=O) groups excluding carboxylic acids is 2. The quantitative estimate of drug-likeness (QED) is 0.500. The van der Waals surface area contributed by atoms with Gasteiger partial charge in [-0.3, -0.25) is 9.69 Å². The first kappa shape index (κ1) is 24.3. The zero-order chi connectivity index (χ0) is 25.3. The minimum absolute atomic E-state index is 0.0776. The number of amides is 2. The Balaban J connectivity index is 1.73. The van der Waals surface area contributed by atoms with E-state index in [1.807, 2.05) is 0 Å². The third kappa shape index (κ3) is 5.32. The number of halogens is 1. The van der Waals surface area contributed by atoms with Crippen molar-refractivity contribution in [3.05, 3.63) is 36.0 Å². The van der Waals surface area contributed by atoms with Crippen molar-refractivity contribution in [2.45, 2.75) is 51.4 Å². The second-order valence-corrected chi connectivity index (χ2v) is 9.18. The average Bonchev–Trinajstić information content (AvgIpc) is 3.19. The highest BCUT2D eigenvalue weighted by molar-refractivity contribution is 6.07. The molecule has 0 spiro atoms. The first-order valence-corrected chi connectivity index (χ1v) is 11.1. The summed E-state index contributed by atoms with van der Waals surface area (Å²) in [5, 5.41) is 9.77. The van der Waals surface area contributed by atoms with Gasteiger partial charge in [0.25, 0.3) is 5.91 Å². The molecule has 2 amide bonds. The fraction of sp³-hybridized carbons (Fsp3) is 0.435. The summed E-state index contributed by atoms with van der Waals surface area (Å²) < 4.78 is 29.8. The minimum atomic E-state index is -0.737. The summed E-state index contributed by atoms with van der Waals surface area (Å²) in [7, 11) is 3.09. The van der Waals surface area contributed by atoms with Crippen LogP contribution in [0.4, 0.5) is 26.5 Å². The van der Waals surface area contributed by atoms with Gasteiger partial charge < -0.3 is 24.6 Å². The summed E-state index contributed by atoms with van der Waals surface area (Å²) in [4.78, 5) is 35.2. The lowest BCUT2D eigenvalue weighted by Gasteiger charge is -2.35. The number of anilines is 3. The average molecular weight is 487 g/mol. The fourth-order valence-electron chi connectivity index (χ4n) is 3.56. The molecule has 0 saturated heterocycles. The zero-order valence-electron chi connectivity index (χ0n) is 20.1. The molecule has 35 heavy (non-hydrogen) atoms. The molecule has 3 aromatic rings. The van der Waals surface area contributed by atoms with Gasteiger partial charge in [0, 0.05) is 20.2 Å². The van der Waals surface area contributed by atoms with Gasteiger partial charge in [-0.1, -0.05) is 11.2 Å². The molecule has 1 aliphatic rings. The molecule has 0 unspecified atom stereocenters. The molecule has 2 atom stereocenters. The Hall–Kier alpha value is -3.80. The van der Waals surface area contributed by atoms with Crippen LogP contribution in [-0.4, -0.2) is 59.0 Å². The maximum absolute atomic E-state index is 13.6. The van der Waals surface area contributed by atoms with Crippen molar-refractivity contribution in [2.75, 3.05) is 24.4 Å². The number of aromatic nitrogens is 3. The van der Waals surface area contributed by atoms with Crippen molar-refractivity contribution in [1.82, 2.24) is 20.4 Å². The van der Waals surface area contributed by atoms with E-state index in [0.29, 0.717) is 0 Å². The summed E-state index contributed by atoms with van der Waals surface area (Å²) in [5.41, 5.74) is -0.176. The van der Waals surface area contributed by atoms with E-state index in [1.54, 1.807) is 33.9 Å². The molecule has 1 saturated carbocycles. The van der Waals surface area contributed by atoms with E-state index in [0.717, 1.165) is 12.8 Å². The van der Waals surface area contributed by atoms with E-state index in [4.69, 9.17) is 14.0 Å². The molecule has 0 aliphatic heterocycles. The smallest absolute Gasteiger partial charge is 0.414 e. The number of hydrogen-bond acceptors (Lipinski definition) is 9. The number of rotatable bonds is 6. The molecule has 1 aliphatic carbocycles. The van der Waals surface area contributed by atoms with E-state index >= 15 is 0 Å². The minimum Gasteiger partial charge on any atom is -0.443 e. The largest absolute Gasteiger partial charge is 0.443 e. The van der Waals surface area contributed by atoms with Crippen LogP contribution >= 0.6 is 0 Å². The molecule has 1 fully saturated rings. The van der Waals surface area contributed by atoms with Crippen LogP contribution in [0.1, 0.15) is 44.2 Å². The third-order valence-corrected chi connectivity index (χ3v) is 5.45. The Morgan fingerprint density at radius 3 is 2.57 bits per heavy atom. The zero-order valence-corrected chi connectivity index (χ0v) is 20.1. The van der Waals surface area contributed by atoms with Gasteiger partial charge in [0.1, 0.15) is 22.8 Å². The van der Waals surface area contributed by atoms with Crippen LogP contribution in [0.15, 0.2) is 28.8 Å². The Labute approximate surface area is 201 Å². The molecule has 2 N–H and O–H groups in total. The summed E-state index contributed by atoms with van der Waals surface area (Å²) in [6, 6.07) is 5.60. The molecule has 12 heteroatoms. The second-order valence-electron chi connectivity index (χ2n) is 9.18. The number of nitrogens with one attached hydrogen (secondary N) is 2. The van der Waals surface area contributed by atoms with Gasteiger partial charge >= 0.3 is 6.09 Å². The first-order valence-electron chi connectivity index (χ1n) is 11.1. The molecule has 4 rings (SSSR count). The predicted octanol–water partition coefficient (Wildman–Crippen LogP) is 3.78. The lowest BCUT2D eigenvalue weighted by atomic mass is 9.89. The Morgan fingerprint density at radius 2 is 1.94 bits per heavy atom. The van der Waals surface area contributed by atoms with Crippen LogP contribution in [0.5, 0.6) is 0 Å². The van der Waals surface area contributed by atoms with Crippen molar-refractivity contribution in [1.29, 1.82) is 0 Å². The maximum Gasteiger partial charge on any atom is 0.414 e. The second kappa shape index (κ2) is 9.45. The van der Waals surface area contributed by atoms with Crippen molar-refractivity contribution in [3.63, 3.8) is 0 Å². The highest BCUT2D eigenvalue weighted by Gasteiger charge is 2.34. The highest BCUT2D eigenvalue weighted by Crippen LogP contribution is 2.32. The lowest BCUT2D eigenvalue weighted by molar-refractivity contribution is 0.00677. The van der Waals surface area contributed by atoms with E-state index in [9.17, 15) is 14.0 Å². The van der Waals surface area contributed by atoms with Crippen LogP contribution in [0.25, 0.3) is 11.0 Å². The van der Waals surface area contributed by atoms with Gasteiger partial charge in [-0.05, 0) is 45.7 Å². The van der Waals surface area contributed by atoms with Crippen LogP contribution in [0, 0.1) is 5.95 Å². The number of hydrogen-bond donors (Lipinski definition) is 2. The topological polar surface area (TPSA) is 132 Å². The summed E-state index contributed by atoms with van der Waals surface area (Å²) in [6.45, 7) is 5.24. The number of pyridine rings is 2. The van der Waals surface area contributed by atoms with E-state index < -0.39 is 23.5 Å².